The standard InChI is InChI=1S/C14H14ClNO2S2/c1-17-10-4-3-9(11(7-10)18-2)8-16-14(19)12-5-6-13(15)20-12/h3-7H,8H2,1-2H3,(H,16,19). The molecule has 0 spiro atoms. The lowest BCUT2D eigenvalue weighted by molar-refractivity contribution is 0.390. The highest BCUT2D eigenvalue weighted by Gasteiger charge is 2.08. The summed E-state index contributed by atoms with van der Waals surface area (Å²) in [6.45, 7) is 0.585. The molecule has 6 heteroatoms. The van der Waals surface area contributed by atoms with E-state index in [2.05, 4.69) is 5.32 Å². The zero-order chi connectivity index (χ0) is 14.5. The number of rotatable bonds is 5. The van der Waals surface area contributed by atoms with Crippen molar-refractivity contribution >= 4 is 40.1 Å². The van der Waals surface area contributed by atoms with E-state index in [9.17, 15) is 0 Å². The molecular weight excluding hydrogens is 314 g/mol. The smallest absolute Gasteiger partial charge is 0.127 e. The SMILES string of the molecule is COc1ccc(CNC(=S)c2ccc(Cl)s2)c(OC)c1. The second-order valence-electron chi connectivity index (χ2n) is 3.96. The van der Waals surface area contributed by atoms with Crippen LogP contribution in [0, 0.1) is 0 Å². The van der Waals surface area contributed by atoms with Crippen LogP contribution in [0.4, 0.5) is 0 Å². The van der Waals surface area contributed by atoms with E-state index in [-0.39, 0.29) is 0 Å². The van der Waals surface area contributed by atoms with Crippen molar-refractivity contribution in [2.75, 3.05) is 14.2 Å². The van der Waals surface area contributed by atoms with Crippen LogP contribution in [0.1, 0.15) is 10.4 Å². The fourth-order valence-electron chi connectivity index (χ4n) is 1.70. The maximum atomic E-state index is 5.90. The van der Waals surface area contributed by atoms with E-state index in [1.54, 1.807) is 14.2 Å². The van der Waals surface area contributed by atoms with Crippen molar-refractivity contribution in [2.24, 2.45) is 0 Å². The average molecular weight is 328 g/mol. The summed E-state index contributed by atoms with van der Waals surface area (Å²) in [5.74, 6) is 1.53. The van der Waals surface area contributed by atoms with Gasteiger partial charge in [0.05, 0.1) is 23.4 Å². The van der Waals surface area contributed by atoms with Crippen molar-refractivity contribution in [3.05, 3.63) is 45.1 Å². The molecule has 1 aromatic carbocycles. The Morgan fingerprint density at radius 2 is 2.05 bits per heavy atom. The van der Waals surface area contributed by atoms with Gasteiger partial charge in [0.2, 0.25) is 0 Å². The third-order valence-corrected chi connectivity index (χ3v) is 4.47. The minimum absolute atomic E-state index is 0.585. The lowest BCUT2D eigenvalue weighted by Gasteiger charge is -2.12. The number of thiocarbonyl (C=S) groups is 1. The molecule has 0 aliphatic rings. The van der Waals surface area contributed by atoms with Gasteiger partial charge in [0.1, 0.15) is 16.5 Å². The number of thiophene rings is 1. The molecule has 0 atom stereocenters. The quantitative estimate of drug-likeness (QED) is 0.844. The lowest BCUT2D eigenvalue weighted by atomic mass is 10.2. The molecule has 0 radical (unpaired) electrons. The van der Waals surface area contributed by atoms with Gasteiger partial charge in [-0.25, -0.2) is 0 Å². The fourth-order valence-corrected chi connectivity index (χ4v) is 2.92. The Morgan fingerprint density at radius 1 is 1.25 bits per heavy atom. The van der Waals surface area contributed by atoms with Gasteiger partial charge in [0.25, 0.3) is 0 Å². The summed E-state index contributed by atoms with van der Waals surface area (Å²) >= 11 is 12.7. The predicted octanol–water partition coefficient (Wildman–Crippen LogP) is 3.88. The van der Waals surface area contributed by atoms with Crippen LogP contribution >= 0.6 is 35.2 Å². The molecule has 0 saturated heterocycles. The normalized spacial score (nSPS) is 10.2. The monoisotopic (exact) mass is 327 g/mol. The highest BCUT2D eigenvalue weighted by molar-refractivity contribution is 7.81. The van der Waals surface area contributed by atoms with E-state index in [0.29, 0.717) is 11.5 Å². The highest BCUT2D eigenvalue weighted by atomic mass is 35.5. The van der Waals surface area contributed by atoms with Gasteiger partial charge in [-0.2, -0.15) is 0 Å². The highest BCUT2D eigenvalue weighted by Crippen LogP contribution is 2.25. The lowest BCUT2D eigenvalue weighted by Crippen LogP contribution is -2.21. The van der Waals surface area contributed by atoms with Crippen LogP contribution in [0.5, 0.6) is 11.5 Å². The third kappa shape index (κ3) is 3.62. The number of hydrogen-bond donors (Lipinski definition) is 1. The maximum absolute atomic E-state index is 5.90. The van der Waals surface area contributed by atoms with Crippen LogP contribution in [-0.2, 0) is 6.54 Å². The number of halogens is 1. The first-order valence-electron chi connectivity index (χ1n) is 5.88. The molecule has 2 aromatic rings. The van der Waals surface area contributed by atoms with Gasteiger partial charge < -0.3 is 14.8 Å². The van der Waals surface area contributed by atoms with Crippen molar-refractivity contribution in [2.45, 2.75) is 6.54 Å². The first kappa shape index (κ1) is 15.1. The Balaban J connectivity index is 2.05. The van der Waals surface area contributed by atoms with Gasteiger partial charge in [0, 0.05) is 18.2 Å². The van der Waals surface area contributed by atoms with E-state index in [4.69, 9.17) is 33.3 Å². The number of nitrogens with one attached hydrogen (secondary N) is 1. The van der Waals surface area contributed by atoms with Gasteiger partial charge in [-0.05, 0) is 24.3 Å². The molecule has 1 heterocycles. The Labute approximate surface area is 132 Å². The molecule has 0 aliphatic carbocycles. The van der Waals surface area contributed by atoms with Crippen molar-refractivity contribution < 1.29 is 9.47 Å². The molecule has 3 nitrogen and oxygen atoms in total. The van der Waals surface area contributed by atoms with Crippen molar-refractivity contribution in [1.82, 2.24) is 5.32 Å². The predicted molar refractivity (Wildman–Crippen MR) is 87.4 cm³/mol. The van der Waals surface area contributed by atoms with E-state index in [1.807, 2.05) is 30.3 Å². The number of hydrogen-bond acceptors (Lipinski definition) is 4. The summed E-state index contributed by atoms with van der Waals surface area (Å²) in [7, 11) is 3.26. The minimum atomic E-state index is 0.585. The van der Waals surface area contributed by atoms with E-state index < -0.39 is 0 Å². The molecule has 2 rings (SSSR count). The summed E-state index contributed by atoms with van der Waals surface area (Å²) in [5, 5.41) is 3.20. The van der Waals surface area contributed by atoms with Crippen LogP contribution < -0.4 is 14.8 Å². The fraction of sp³-hybridized carbons (Fsp3) is 0.214. The first-order valence-corrected chi connectivity index (χ1v) is 7.48. The second-order valence-corrected chi connectivity index (χ2v) is 6.09. The van der Waals surface area contributed by atoms with Gasteiger partial charge in [-0.1, -0.05) is 23.8 Å². The molecule has 0 amide bonds. The Kier molecular flexibility index (Phi) is 5.23. The number of methoxy groups -OCH3 is 2. The number of benzene rings is 1. The molecule has 0 saturated carbocycles. The largest absolute Gasteiger partial charge is 0.497 e. The summed E-state index contributed by atoms with van der Waals surface area (Å²) in [4.78, 5) is 1.64. The Morgan fingerprint density at radius 3 is 2.65 bits per heavy atom. The van der Waals surface area contributed by atoms with Crippen LogP contribution in [0.25, 0.3) is 0 Å². The van der Waals surface area contributed by atoms with E-state index in [1.165, 1.54) is 11.3 Å². The van der Waals surface area contributed by atoms with Crippen LogP contribution in [0.3, 0.4) is 0 Å². The van der Waals surface area contributed by atoms with Gasteiger partial charge >= 0.3 is 0 Å². The van der Waals surface area contributed by atoms with Gasteiger partial charge in [0.15, 0.2) is 0 Å². The third-order valence-electron chi connectivity index (χ3n) is 2.73. The summed E-state index contributed by atoms with van der Waals surface area (Å²) in [5.41, 5.74) is 1.01. The molecule has 20 heavy (non-hydrogen) atoms. The molecule has 0 aliphatic heterocycles. The van der Waals surface area contributed by atoms with Gasteiger partial charge in [-0.3, -0.25) is 0 Å². The molecule has 1 N–H and O–H groups in total. The summed E-state index contributed by atoms with van der Waals surface area (Å²) in [6.07, 6.45) is 0. The van der Waals surface area contributed by atoms with Crippen molar-refractivity contribution in [1.29, 1.82) is 0 Å². The minimum Gasteiger partial charge on any atom is -0.497 e. The summed E-state index contributed by atoms with van der Waals surface area (Å²) < 4.78 is 11.2. The van der Waals surface area contributed by atoms with Crippen LogP contribution in [-0.4, -0.2) is 19.2 Å². The van der Waals surface area contributed by atoms with Crippen LogP contribution in [0.15, 0.2) is 30.3 Å². The molecule has 106 valence electrons. The zero-order valence-electron chi connectivity index (χ0n) is 11.1. The van der Waals surface area contributed by atoms with E-state index >= 15 is 0 Å². The molecule has 0 unspecified atom stereocenters. The zero-order valence-corrected chi connectivity index (χ0v) is 13.5. The van der Waals surface area contributed by atoms with Crippen molar-refractivity contribution in [3.63, 3.8) is 0 Å². The van der Waals surface area contributed by atoms with Crippen LogP contribution in [0.2, 0.25) is 4.34 Å². The maximum Gasteiger partial charge on any atom is 0.127 e. The first-order chi connectivity index (χ1) is 9.63. The Bertz CT molecular complexity index is 613. The molecular formula is C14H14ClNO2S2. The Hall–Kier alpha value is -1.30. The average Bonchev–Trinajstić information content (AvgIpc) is 2.91. The van der Waals surface area contributed by atoms with E-state index in [0.717, 1.165) is 26.3 Å². The second kappa shape index (κ2) is 6.92. The number of ether oxygens (including phenoxy) is 2. The molecule has 1 aromatic heterocycles. The topological polar surface area (TPSA) is 30.5 Å². The van der Waals surface area contributed by atoms with Crippen molar-refractivity contribution in [3.8, 4) is 11.5 Å². The molecule has 0 bridgehead atoms. The molecule has 0 fully saturated rings. The summed E-state index contributed by atoms with van der Waals surface area (Å²) in [6, 6.07) is 9.44. The van der Waals surface area contributed by atoms with Gasteiger partial charge in [-0.15, -0.1) is 11.3 Å².